The predicted octanol–water partition coefficient (Wildman–Crippen LogP) is 5.82. The quantitative estimate of drug-likeness (QED) is 0.433. The number of rotatable bonds is 7. The highest BCUT2D eigenvalue weighted by molar-refractivity contribution is 5.03. The molecule has 0 spiro atoms. The molecule has 2 heteroatoms. The Hall–Kier alpha value is -0.340. The van der Waals surface area contributed by atoms with E-state index in [-0.39, 0.29) is 0 Å². The van der Waals surface area contributed by atoms with Crippen LogP contribution in [0.25, 0.3) is 0 Å². The maximum atomic E-state index is 7.84. The van der Waals surface area contributed by atoms with Gasteiger partial charge in [-0.25, -0.2) is 0 Å². The molecule has 0 amide bonds. The fraction of sp³-hybridized carbons (Fsp3) is 0.905. The summed E-state index contributed by atoms with van der Waals surface area (Å²) in [7, 11) is 1.35. The maximum absolute atomic E-state index is 7.84. The Balaban J connectivity index is 2.18. The second-order valence-corrected chi connectivity index (χ2v) is 8.07. The predicted molar refractivity (Wildman–Crippen MR) is 97.3 cm³/mol. The SMILES string of the molecule is [2H]C([2H])([2H])C(/C=C\C[C@@H](C)[C@H]1CC[C@H]2[C@@H](C)CCC[C@]12C)(OCOC)C([2H])([2H])[2H]. The summed E-state index contributed by atoms with van der Waals surface area (Å²) in [6, 6.07) is 0. The molecule has 0 aromatic heterocycles. The zero-order chi connectivity index (χ0) is 22.1. The van der Waals surface area contributed by atoms with Gasteiger partial charge >= 0.3 is 0 Å². The van der Waals surface area contributed by atoms with E-state index in [1.54, 1.807) is 6.08 Å². The molecule has 0 radical (unpaired) electrons. The van der Waals surface area contributed by atoms with Gasteiger partial charge in [0.1, 0.15) is 6.79 Å². The summed E-state index contributed by atoms with van der Waals surface area (Å²) in [6.45, 7) is 0.964. The van der Waals surface area contributed by atoms with Gasteiger partial charge in [0.25, 0.3) is 0 Å². The first-order valence-corrected chi connectivity index (χ1v) is 9.11. The van der Waals surface area contributed by atoms with E-state index in [4.69, 9.17) is 17.7 Å². The average Bonchev–Trinajstić information content (AvgIpc) is 2.94. The van der Waals surface area contributed by atoms with Crippen molar-refractivity contribution in [2.45, 2.75) is 78.6 Å². The molecule has 2 nitrogen and oxygen atoms in total. The molecule has 2 saturated carbocycles. The van der Waals surface area contributed by atoms with Crippen LogP contribution in [0.1, 0.15) is 81.2 Å². The second-order valence-electron chi connectivity index (χ2n) is 8.07. The lowest BCUT2D eigenvalue weighted by atomic mass is 9.59. The number of hydrogen-bond acceptors (Lipinski definition) is 2. The molecule has 23 heavy (non-hydrogen) atoms. The van der Waals surface area contributed by atoms with Gasteiger partial charge in [-0.3, -0.25) is 0 Å². The van der Waals surface area contributed by atoms with Crippen molar-refractivity contribution in [1.82, 2.24) is 0 Å². The zero-order valence-electron chi connectivity index (χ0n) is 21.2. The van der Waals surface area contributed by atoms with Gasteiger partial charge in [0.2, 0.25) is 0 Å². The van der Waals surface area contributed by atoms with E-state index in [2.05, 4.69) is 20.8 Å². The monoisotopic (exact) mass is 328 g/mol. The molecule has 0 N–H and O–H groups in total. The van der Waals surface area contributed by atoms with Crippen LogP contribution in [0.15, 0.2) is 12.2 Å². The maximum Gasteiger partial charge on any atom is 0.147 e. The van der Waals surface area contributed by atoms with Crippen molar-refractivity contribution >= 4 is 0 Å². The van der Waals surface area contributed by atoms with Gasteiger partial charge in [0.05, 0.1) is 5.60 Å². The summed E-state index contributed by atoms with van der Waals surface area (Å²) in [5.74, 6) is 2.47. The molecule has 0 aliphatic heterocycles. The Morgan fingerprint density at radius 3 is 2.83 bits per heavy atom. The van der Waals surface area contributed by atoms with Gasteiger partial charge < -0.3 is 9.47 Å². The minimum atomic E-state index is -2.83. The van der Waals surface area contributed by atoms with E-state index in [0.29, 0.717) is 23.7 Å². The normalized spacial score (nSPS) is 41.3. The molecule has 0 heterocycles. The summed E-state index contributed by atoms with van der Waals surface area (Å²) < 4.78 is 57.2. The van der Waals surface area contributed by atoms with Crippen LogP contribution in [0.2, 0.25) is 0 Å². The number of fused-ring (bicyclic) bond motifs is 1. The van der Waals surface area contributed by atoms with Crippen LogP contribution in [0.4, 0.5) is 0 Å². The summed E-state index contributed by atoms with van der Waals surface area (Å²) in [5, 5.41) is 0. The third kappa shape index (κ3) is 4.39. The van der Waals surface area contributed by atoms with Gasteiger partial charge in [0, 0.05) is 15.3 Å². The molecule has 2 aliphatic rings. The van der Waals surface area contributed by atoms with Crippen molar-refractivity contribution in [3.8, 4) is 0 Å². The molecular formula is C21H38O2. The standard InChI is InChI=1S/C21H38O2/c1-16(9-7-13-20(3,4)23-15-22-6)18-11-12-19-17(2)10-8-14-21(18,19)5/h7,13,16-19H,8-12,14-15H2,1-6H3/b13-7-/t16-,17+,18-,19+,21-/m1/s1/i3D3,4D3. The van der Waals surface area contributed by atoms with E-state index in [9.17, 15) is 0 Å². The summed E-state index contributed by atoms with van der Waals surface area (Å²) >= 11 is 0. The first kappa shape index (κ1) is 12.1. The molecule has 134 valence electrons. The van der Waals surface area contributed by atoms with Crippen LogP contribution in [-0.4, -0.2) is 19.5 Å². The highest BCUT2D eigenvalue weighted by Crippen LogP contribution is 2.59. The van der Waals surface area contributed by atoms with Crippen LogP contribution < -0.4 is 0 Å². The third-order valence-electron chi connectivity index (χ3n) is 6.50. The Bertz CT molecular complexity index is 556. The molecule has 2 fully saturated rings. The molecule has 0 saturated heterocycles. The fourth-order valence-corrected chi connectivity index (χ4v) is 5.35. The third-order valence-corrected chi connectivity index (χ3v) is 6.50. The molecular weight excluding hydrogens is 284 g/mol. The molecule has 0 aromatic rings. The van der Waals surface area contributed by atoms with Gasteiger partial charge in [-0.2, -0.15) is 0 Å². The number of methoxy groups -OCH3 is 1. The molecule has 2 aliphatic carbocycles. The van der Waals surface area contributed by atoms with E-state index < -0.39 is 26.1 Å². The molecule has 2 rings (SSSR count). The summed E-state index contributed by atoms with van der Waals surface area (Å²) in [6.07, 6.45) is 9.92. The Morgan fingerprint density at radius 2 is 2.13 bits per heavy atom. The highest BCUT2D eigenvalue weighted by atomic mass is 16.7. The Kier molecular flexibility index (Phi) is 4.04. The van der Waals surface area contributed by atoms with E-state index in [0.717, 1.165) is 11.8 Å². The molecule has 0 unspecified atom stereocenters. The van der Waals surface area contributed by atoms with E-state index in [1.807, 2.05) is 0 Å². The first-order valence-electron chi connectivity index (χ1n) is 12.1. The van der Waals surface area contributed by atoms with Crippen molar-refractivity contribution in [3.05, 3.63) is 12.2 Å². The molecule has 0 bridgehead atoms. The first-order chi connectivity index (χ1) is 13.3. The fourth-order valence-electron chi connectivity index (χ4n) is 5.35. The average molecular weight is 329 g/mol. The van der Waals surface area contributed by atoms with Gasteiger partial charge in [-0.05, 0) is 68.5 Å². The van der Waals surface area contributed by atoms with Crippen LogP contribution in [0.3, 0.4) is 0 Å². The van der Waals surface area contributed by atoms with Crippen LogP contribution in [0.5, 0.6) is 0 Å². The lowest BCUT2D eigenvalue weighted by molar-refractivity contribution is -0.0920. The minimum Gasteiger partial charge on any atom is -0.359 e. The lowest BCUT2D eigenvalue weighted by Crippen LogP contribution is -2.38. The Labute approximate surface area is 152 Å². The van der Waals surface area contributed by atoms with Gasteiger partial charge in [-0.15, -0.1) is 0 Å². The van der Waals surface area contributed by atoms with Crippen molar-refractivity contribution in [3.63, 3.8) is 0 Å². The van der Waals surface area contributed by atoms with Crippen LogP contribution >= 0.6 is 0 Å². The second kappa shape index (κ2) is 7.70. The smallest absolute Gasteiger partial charge is 0.147 e. The van der Waals surface area contributed by atoms with Crippen molar-refractivity contribution in [2.75, 3.05) is 13.9 Å². The topological polar surface area (TPSA) is 18.5 Å². The largest absolute Gasteiger partial charge is 0.359 e. The number of ether oxygens (including phenoxy) is 2. The van der Waals surface area contributed by atoms with Crippen LogP contribution in [0, 0.1) is 29.1 Å². The summed E-state index contributed by atoms with van der Waals surface area (Å²) in [5.41, 5.74) is -2.03. The van der Waals surface area contributed by atoms with E-state index in [1.165, 1.54) is 45.3 Å². The minimum absolute atomic E-state index is 0.336. The van der Waals surface area contributed by atoms with Crippen molar-refractivity contribution < 1.29 is 17.7 Å². The number of allylic oxidation sites excluding steroid dienone is 1. The van der Waals surface area contributed by atoms with Crippen molar-refractivity contribution in [1.29, 1.82) is 0 Å². The number of hydrogen-bond donors (Lipinski definition) is 0. The Morgan fingerprint density at radius 1 is 1.35 bits per heavy atom. The molecule has 0 aromatic carbocycles. The van der Waals surface area contributed by atoms with Crippen LogP contribution in [-0.2, 0) is 9.47 Å². The lowest BCUT2D eigenvalue weighted by Gasteiger charge is -2.46. The summed E-state index contributed by atoms with van der Waals surface area (Å²) in [4.78, 5) is 0. The van der Waals surface area contributed by atoms with Crippen molar-refractivity contribution in [2.24, 2.45) is 29.1 Å². The highest BCUT2D eigenvalue weighted by Gasteiger charge is 2.50. The van der Waals surface area contributed by atoms with Gasteiger partial charge in [-0.1, -0.05) is 45.8 Å². The zero-order valence-corrected chi connectivity index (χ0v) is 15.2. The molecule has 5 atom stereocenters. The van der Waals surface area contributed by atoms with E-state index >= 15 is 0 Å². The van der Waals surface area contributed by atoms with Gasteiger partial charge in [0.15, 0.2) is 0 Å².